The van der Waals surface area contributed by atoms with E-state index in [0.717, 1.165) is 31.8 Å². The number of nitrogens with zero attached hydrogens (tertiary/aromatic N) is 1. The number of nitrogens with two attached hydrogens (primary N) is 2. The van der Waals surface area contributed by atoms with Crippen LogP contribution in [0.2, 0.25) is 0 Å². The zero-order chi connectivity index (χ0) is 13.7. The Morgan fingerprint density at radius 2 is 1.85 bits per heavy atom. The van der Waals surface area contributed by atoms with Gasteiger partial charge >= 0.3 is 0 Å². The number of halogens is 1. The molecular formula is C14H22IN3O2. The Hall–Kier alpha value is -1.02. The minimum Gasteiger partial charge on any atom is -0.497 e. The van der Waals surface area contributed by atoms with Crippen molar-refractivity contribution in [1.82, 2.24) is 0 Å². The molecule has 0 aliphatic carbocycles. The monoisotopic (exact) mass is 391 g/mol. The molecule has 0 atom stereocenters. The summed E-state index contributed by atoms with van der Waals surface area (Å²) in [5.41, 5.74) is 12.1. The third-order valence-corrected chi connectivity index (χ3v) is 3.72. The zero-order valence-electron chi connectivity index (χ0n) is 11.7. The quantitative estimate of drug-likeness (QED) is 0.465. The van der Waals surface area contributed by atoms with Gasteiger partial charge in [-0.15, -0.1) is 24.0 Å². The Kier molecular flexibility index (Phi) is 6.54. The first-order valence-corrected chi connectivity index (χ1v) is 6.44. The molecule has 0 unspecified atom stereocenters. The number of ether oxygens (including phenoxy) is 2. The fourth-order valence-corrected chi connectivity index (χ4v) is 2.49. The van der Waals surface area contributed by atoms with Gasteiger partial charge in [0.1, 0.15) is 5.75 Å². The van der Waals surface area contributed by atoms with Gasteiger partial charge in [0.05, 0.1) is 13.7 Å². The fourth-order valence-electron chi connectivity index (χ4n) is 2.49. The average molecular weight is 391 g/mol. The topological polar surface area (TPSA) is 82.9 Å². The average Bonchev–Trinajstić information content (AvgIpc) is 2.46. The van der Waals surface area contributed by atoms with Crippen molar-refractivity contribution >= 4 is 29.9 Å². The van der Waals surface area contributed by atoms with E-state index >= 15 is 0 Å². The van der Waals surface area contributed by atoms with Crippen molar-refractivity contribution < 1.29 is 9.47 Å². The highest BCUT2D eigenvalue weighted by molar-refractivity contribution is 14.0. The number of guanidine groups is 1. The number of aliphatic imine (C=N–C) groups is 1. The highest BCUT2D eigenvalue weighted by atomic mass is 127. The minimum absolute atomic E-state index is 0. The van der Waals surface area contributed by atoms with Crippen molar-refractivity contribution in [3.8, 4) is 5.75 Å². The highest BCUT2D eigenvalue weighted by Gasteiger charge is 2.34. The molecule has 1 aliphatic rings. The Bertz CT molecular complexity index is 438. The van der Waals surface area contributed by atoms with Gasteiger partial charge in [-0.25, -0.2) is 0 Å². The molecule has 1 aromatic carbocycles. The van der Waals surface area contributed by atoms with E-state index in [2.05, 4.69) is 17.1 Å². The lowest BCUT2D eigenvalue weighted by atomic mass is 9.74. The largest absolute Gasteiger partial charge is 0.497 e. The lowest BCUT2D eigenvalue weighted by molar-refractivity contribution is 0.0531. The van der Waals surface area contributed by atoms with Crippen LogP contribution < -0.4 is 16.2 Å². The van der Waals surface area contributed by atoms with Crippen LogP contribution in [0.4, 0.5) is 0 Å². The first-order valence-electron chi connectivity index (χ1n) is 6.44. The summed E-state index contributed by atoms with van der Waals surface area (Å²) in [6, 6.07) is 8.13. The van der Waals surface area contributed by atoms with Crippen molar-refractivity contribution in [2.45, 2.75) is 18.3 Å². The highest BCUT2D eigenvalue weighted by Crippen LogP contribution is 2.35. The second-order valence-corrected chi connectivity index (χ2v) is 4.86. The Morgan fingerprint density at radius 3 is 2.35 bits per heavy atom. The molecule has 4 N–H and O–H groups in total. The zero-order valence-corrected chi connectivity index (χ0v) is 14.0. The molecule has 0 saturated carbocycles. The fraction of sp³-hybridized carbons (Fsp3) is 0.500. The third kappa shape index (κ3) is 3.99. The number of rotatable bonds is 4. The summed E-state index contributed by atoms with van der Waals surface area (Å²) in [5, 5.41) is 0. The summed E-state index contributed by atoms with van der Waals surface area (Å²) >= 11 is 0. The normalized spacial score (nSPS) is 16.9. The van der Waals surface area contributed by atoms with E-state index < -0.39 is 0 Å². The smallest absolute Gasteiger partial charge is 0.185 e. The van der Waals surface area contributed by atoms with Crippen LogP contribution >= 0.6 is 24.0 Å². The molecule has 0 spiro atoms. The molecule has 0 aromatic heterocycles. The Morgan fingerprint density at radius 1 is 1.25 bits per heavy atom. The van der Waals surface area contributed by atoms with Crippen molar-refractivity contribution in [2.24, 2.45) is 16.5 Å². The SMILES string of the molecule is COc1ccc(C2(CN=C(N)N)CCOCC2)cc1.I. The Balaban J connectivity index is 0.00000200. The molecule has 112 valence electrons. The second-order valence-electron chi connectivity index (χ2n) is 4.86. The molecule has 1 fully saturated rings. The maximum absolute atomic E-state index is 5.47. The molecule has 0 bridgehead atoms. The Labute approximate surface area is 136 Å². The molecule has 1 saturated heterocycles. The maximum atomic E-state index is 5.47. The van der Waals surface area contributed by atoms with Gasteiger partial charge in [0.25, 0.3) is 0 Å². The lowest BCUT2D eigenvalue weighted by Crippen LogP contribution is -2.38. The maximum Gasteiger partial charge on any atom is 0.185 e. The molecule has 2 rings (SSSR count). The van der Waals surface area contributed by atoms with Gasteiger partial charge in [-0.1, -0.05) is 12.1 Å². The summed E-state index contributed by atoms with van der Waals surface area (Å²) in [6.45, 7) is 2.09. The summed E-state index contributed by atoms with van der Waals surface area (Å²) in [5.74, 6) is 0.993. The van der Waals surface area contributed by atoms with Gasteiger partial charge in [0, 0.05) is 18.6 Å². The summed E-state index contributed by atoms with van der Waals surface area (Å²) in [6.07, 6.45) is 1.85. The van der Waals surface area contributed by atoms with E-state index in [1.54, 1.807) is 7.11 Å². The minimum atomic E-state index is -0.0332. The summed E-state index contributed by atoms with van der Waals surface area (Å²) < 4.78 is 10.7. The lowest BCUT2D eigenvalue weighted by Gasteiger charge is -2.36. The predicted octanol–water partition coefficient (Wildman–Crippen LogP) is 1.63. The van der Waals surface area contributed by atoms with E-state index in [1.807, 2.05) is 12.1 Å². The molecule has 1 heterocycles. The number of benzene rings is 1. The van der Waals surface area contributed by atoms with Gasteiger partial charge in [0.15, 0.2) is 5.96 Å². The van der Waals surface area contributed by atoms with Gasteiger partial charge in [-0.3, -0.25) is 4.99 Å². The first kappa shape index (κ1) is 17.0. The molecule has 20 heavy (non-hydrogen) atoms. The van der Waals surface area contributed by atoms with Crippen molar-refractivity contribution in [2.75, 3.05) is 26.9 Å². The van der Waals surface area contributed by atoms with Crippen LogP contribution in [0, 0.1) is 0 Å². The molecule has 6 heteroatoms. The van der Waals surface area contributed by atoms with Gasteiger partial charge in [-0.2, -0.15) is 0 Å². The van der Waals surface area contributed by atoms with Crippen LogP contribution in [0.3, 0.4) is 0 Å². The molecule has 0 amide bonds. The van der Waals surface area contributed by atoms with Gasteiger partial charge in [-0.05, 0) is 30.5 Å². The van der Waals surface area contributed by atoms with Crippen LogP contribution in [0.15, 0.2) is 29.3 Å². The van der Waals surface area contributed by atoms with Crippen LogP contribution in [-0.2, 0) is 10.2 Å². The van der Waals surface area contributed by atoms with Gasteiger partial charge < -0.3 is 20.9 Å². The molecule has 5 nitrogen and oxygen atoms in total. The van der Waals surface area contributed by atoms with Crippen molar-refractivity contribution in [3.63, 3.8) is 0 Å². The summed E-state index contributed by atoms with van der Waals surface area (Å²) in [7, 11) is 1.67. The molecule has 1 aliphatic heterocycles. The summed E-state index contributed by atoms with van der Waals surface area (Å²) in [4.78, 5) is 4.22. The van der Waals surface area contributed by atoms with E-state index in [0.29, 0.717) is 6.54 Å². The van der Waals surface area contributed by atoms with E-state index in [1.165, 1.54) is 5.56 Å². The van der Waals surface area contributed by atoms with Crippen LogP contribution in [-0.4, -0.2) is 32.8 Å². The second kappa shape index (κ2) is 7.68. The van der Waals surface area contributed by atoms with Gasteiger partial charge in [0.2, 0.25) is 0 Å². The van der Waals surface area contributed by atoms with E-state index in [4.69, 9.17) is 20.9 Å². The number of hydrogen-bond donors (Lipinski definition) is 2. The number of hydrogen-bond acceptors (Lipinski definition) is 3. The van der Waals surface area contributed by atoms with Crippen LogP contribution in [0.1, 0.15) is 18.4 Å². The molecule has 0 radical (unpaired) electrons. The van der Waals surface area contributed by atoms with Crippen molar-refractivity contribution in [1.29, 1.82) is 0 Å². The van der Waals surface area contributed by atoms with Crippen LogP contribution in [0.25, 0.3) is 0 Å². The van der Waals surface area contributed by atoms with Crippen LogP contribution in [0.5, 0.6) is 5.75 Å². The molecular weight excluding hydrogens is 369 g/mol. The van der Waals surface area contributed by atoms with E-state index in [-0.39, 0.29) is 35.4 Å². The van der Waals surface area contributed by atoms with Crippen molar-refractivity contribution in [3.05, 3.63) is 29.8 Å². The standard InChI is InChI=1S/C14H21N3O2.HI/c1-18-12-4-2-11(3-5-12)14(10-17-13(15)16)6-8-19-9-7-14;/h2-5H,6-10H2,1H3,(H4,15,16,17);1H. The predicted molar refractivity (Wildman–Crippen MR) is 90.8 cm³/mol. The first-order chi connectivity index (χ1) is 9.16. The van der Waals surface area contributed by atoms with E-state index in [9.17, 15) is 0 Å². The number of methoxy groups -OCH3 is 1. The molecule has 1 aromatic rings. The third-order valence-electron chi connectivity index (χ3n) is 3.72.